The van der Waals surface area contributed by atoms with Gasteiger partial charge in [0.1, 0.15) is 0 Å². The monoisotopic (exact) mass is 263 g/mol. The largest absolute Gasteiger partial charge is 0.354 e. The van der Waals surface area contributed by atoms with Crippen LogP contribution in [0.2, 0.25) is 0 Å². The molecule has 1 amide bonds. The van der Waals surface area contributed by atoms with E-state index in [0.717, 1.165) is 58.4 Å². The number of aromatic nitrogens is 1. The number of nitrogens with zero attached hydrogens (tertiary/aromatic N) is 3. The van der Waals surface area contributed by atoms with Crippen molar-refractivity contribution in [2.75, 3.05) is 33.2 Å². The number of amides is 1. The summed E-state index contributed by atoms with van der Waals surface area (Å²) in [5, 5.41) is 0. The van der Waals surface area contributed by atoms with Crippen LogP contribution < -0.4 is 0 Å². The second-order valence-corrected chi connectivity index (χ2v) is 5.42. The molecular formula is C15H25N3O. The van der Waals surface area contributed by atoms with Gasteiger partial charge in [-0.25, -0.2) is 0 Å². The standard InChI is InChI=1S/C15H25N3O/c1-16-11-13-18(14-12-16)15(19)7-3-2-4-8-17-9-5-6-10-17/h5-6,9-10H,2-4,7-8,11-14H2,1H3. The van der Waals surface area contributed by atoms with Gasteiger partial charge in [-0.2, -0.15) is 0 Å². The molecule has 2 rings (SSSR count). The summed E-state index contributed by atoms with van der Waals surface area (Å²) in [4.78, 5) is 16.3. The van der Waals surface area contributed by atoms with E-state index >= 15 is 0 Å². The highest BCUT2D eigenvalue weighted by molar-refractivity contribution is 5.76. The third-order valence-corrected chi connectivity index (χ3v) is 3.83. The van der Waals surface area contributed by atoms with Crippen LogP contribution in [0.25, 0.3) is 0 Å². The molecule has 1 saturated heterocycles. The van der Waals surface area contributed by atoms with E-state index in [1.807, 2.05) is 4.90 Å². The molecule has 106 valence electrons. The van der Waals surface area contributed by atoms with E-state index in [4.69, 9.17) is 0 Å². The molecule has 0 spiro atoms. The number of carbonyl (C=O) groups is 1. The average Bonchev–Trinajstić information content (AvgIpc) is 2.92. The first-order valence-electron chi connectivity index (χ1n) is 7.33. The van der Waals surface area contributed by atoms with Crippen molar-refractivity contribution in [1.29, 1.82) is 0 Å². The van der Waals surface area contributed by atoms with Gasteiger partial charge < -0.3 is 14.4 Å². The summed E-state index contributed by atoms with van der Waals surface area (Å²) in [5.41, 5.74) is 0. The number of carbonyl (C=O) groups excluding carboxylic acids is 1. The van der Waals surface area contributed by atoms with Crippen LogP contribution in [0, 0.1) is 0 Å². The predicted molar refractivity (Wildman–Crippen MR) is 77.0 cm³/mol. The van der Waals surface area contributed by atoms with Crippen LogP contribution in [0.4, 0.5) is 0 Å². The van der Waals surface area contributed by atoms with Gasteiger partial charge in [0.05, 0.1) is 0 Å². The summed E-state index contributed by atoms with van der Waals surface area (Å²) in [6, 6.07) is 4.10. The molecule has 0 N–H and O–H groups in total. The maximum absolute atomic E-state index is 12.0. The highest BCUT2D eigenvalue weighted by Crippen LogP contribution is 2.07. The number of unbranched alkanes of at least 4 members (excludes halogenated alkanes) is 2. The lowest BCUT2D eigenvalue weighted by Crippen LogP contribution is -2.47. The minimum absolute atomic E-state index is 0.342. The quantitative estimate of drug-likeness (QED) is 0.733. The normalized spacial score (nSPS) is 16.8. The van der Waals surface area contributed by atoms with Crippen molar-refractivity contribution in [3.05, 3.63) is 24.5 Å². The highest BCUT2D eigenvalue weighted by atomic mass is 16.2. The zero-order valence-corrected chi connectivity index (χ0v) is 11.9. The third kappa shape index (κ3) is 4.71. The summed E-state index contributed by atoms with van der Waals surface area (Å²) in [6.07, 6.45) is 8.22. The topological polar surface area (TPSA) is 28.5 Å². The molecule has 0 radical (unpaired) electrons. The smallest absolute Gasteiger partial charge is 0.222 e. The summed E-state index contributed by atoms with van der Waals surface area (Å²) >= 11 is 0. The lowest BCUT2D eigenvalue weighted by molar-refractivity contribution is -0.132. The summed E-state index contributed by atoms with van der Waals surface area (Å²) < 4.78 is 2.20. The molecule has 0 aliphatic carbocycles. The van der Waals surface area contributed by atoms with Gasteiger partial charge in [0, 0.05) is 51.5 Å². The number of rotatable bonds is 6. The fraction of sp³-hybridized carbons (Fsp3) is 0.667. The van der Waals surface area contributed by atoms with E-state index in [9.17, 15) is 4.79 Å². The summed E-state index contributed by atoms with van der Waals surface area (Å²) in [7, 11) is 2.11. The van der Waals surface area contributed by atoms with Gasteiger partial charge in [0.25, 0.3) is 0 Å². The Hall–Kier alpha value is -1.29. The predicted octanol–water partition coefficient (Wildman–Crippen LogP) is 1.82. The van der Waals surface area contributed by atoms with Gasteiger partial charge in [0.2, 0.25) is 5.91 Å². The van der Waals surface area contributed by atoms with Crippen molar-refractivity contribution in [3.63, 3.8) is 0 Å². The Balaban J connectivity index is 1.54. The van der Waals surface area contributed by atoms with Gasteiger partial charge in [0.15, 0.2) is 0 Å². The molecule has 0 saturated carbocycles. The van der Waals surface area contributed by atoms with Crippen LogP contribution in [-0.4, -0.2) is 53.5 Å². The third-order valence-electron chi connectivity index (χ3n) is 3.83. The van der Waals surface area contributed by atoms with Gasteiger partial charge in [-0.3, -0.25) is 4.79 Å². The van der Waals surface area contributed by atoms with Crippen LogP contribution in [0.5, 0.6) is 0 Å². The molecule has 0 unspecified atom stereocenters. The molecule has 4 nitrogen and oxygen atoms in total. The first-order chi connectivity index (χ1) is 9.25. The Morgan fingerprint density at radius 1 is 1.00 bits per heavy atom. The fourth-order valence-corrected chi connectivity index (χ4v) is 2.48. The number of hydrogen-bond acceptors (Lipinski definition) is 2. The van der Waals surface area contributed by atoms with E-state index in [0.29, 0.717) is 5.91 Å². The molecule has 2 heterocycles. The van der Waals surface area contributed by atoms with Gasteiger partial charge in [-0.05, 0) is 32.0 Å². The average molecular weight is 263 g/mol. The van der Waals surface area contributed by atoms with Crippen molar-refractivity contribution in [2.45, 2.75) is 32.2 Å². The zero-order valence-electron chi connectivity index (χ0n) is 11.9. The molecule has 0 atom stereocenters. The maximum atomic E-state index is 12.0. The highest BCUT2D eigenvalue weighted by Gasteiger charge is 2.17. The number of hydrogen-bond donors (Lipinski definition) is 0. The molecule has 1 aliphatic rings. The zero-order chi connectivity index (χ0) is 13.5. The fourth-order valence-electron chi connectivity index (χ4n) is 2.48. The van der Waals surface area contributed by atoms with Gasteiger partial charge in [-0.1, -0.05) is 6.42 Å². The van der Waals surface area contributed by atoms with Crippen molar-refractivity contribution < 1.29 is 4.79 Å². The molecule has 4 heteroatoms. The van der Waals surface area contributed by atoms with E-state index in [1.165, 1.54) is 0 Å². The minimum atomic E-state index is 0.342. The Morgan fingerprint density at radius 2 is 1.68 bits per heavy atom. The summed E-state index contributed by atoms with van der Waals surface area (Å²) in [6.45, 7) is 4.89. The molecule has 1 fully saturated rings. The van der Waals surface area contributed by atoms with Crippen LogP contribution in [0.15, 0.2) is 24.5 Å². The first kappa shape index (κ1) is 14.1. The van der Waals surface area contributed by atoms with E-state index in [-0.39, 0.29) is 0 Å². The molecule has 1 aromatic rings. The van der Waals surface area contributed by atoms with Gasteiger partial charge >= 0.3 is 0 Å². The Kier molecular flexibility index (Phi) is 5.45. The molecule has 1 aromatic heterocycles. The minimum Gasteiger partial charge on any atom is -0.354 e. The Bertz CT molecular complexity index is 367. The second kappa shape index (κ2) is 7.34. The number of likely N-dealkylation sites (N-methyl/N-ethyl adjacent to an activating group) is 1. The SMILES string of the molecule is CN1CCN(C(=O)CCCCCn2cccc2)CC1. The van der Waals surface area contributed by atoms with E-state index in [1.54, 1.807) is 0 Å². The van der Waals surface area contributed by atoms with E-state index < -0.39 is 0 Å². The molecular weight excluding hydrogens is 238 g/mol. The van der Waals surface area contributed by atoms with E-state index in [2.05, 4.69) is 41.0 Å². The number of piperazine rings is 1. The van der Waals surface area contributed by atoms with Crippen molar-refractivity contribution in [2.24, 2.45) is 0 Å². The van der Waals surface area contributed by atoms with Crippen LogP contribution in [0.3, 0.4) is 0 Å². The molecule has 0 aromatic carbocycles. The lowest BCUT2D eigenvalue weighted by atomic mass is 10.1. The Morgan fingerprint density at radius 3 is 2.37 bits per heavy atom. The second-order valence-electron chi connectivity index (χ2n) is 5.42. The molecule has 1 aliphatic heterocycles. The van der Waals surface area contributed by atoms with Crippen LogP contribution >= 0.6 is 0 Å². The molecule has 0 bridgehead atoms. The Labute approximate surface area is 116 Å². The summed E-state index contributed by atoms with van der Waals surface area (Å²) in [5.74, 6) is 0.342. The number of aryl methyl sites for hydroxylation is 1. The maximum Gasteiger partial charge on any atom is 0.222 e. The lowest BCUT2D eigenvalue weighted by Gasteiger charge is -2.32. The van der Waals surface area contributed by atoms with Crippen LogP contribution in [0.1, 0.15) is 25.7 Å². The van der Waals surface area contributed by atoms with Crippen molar-refractivity contribution >= 4 is 5.91 Å². The van der Waals surface area contributed by atoms with Crippen molar-refractivity contribution in [1.82, 2.24) is 14.4 Å². The first-order valence-corrected chi connectivity index (χ1v) is 7.33. The molecule has 19 heavy (non-hydrogen) atoms. The van der Waals surface area contributed by atoms with Crippen LogP contribution in [-0.2, 0) is 11.3 Å². The van der Waals surface area contributed by atoms with Gasteiger partial charge in [-0.15, -0.1) is 0 Å². The van der Waals surface area contributed by atoms with Crippen molar-refractivity contribution in [3.8, 4) is 0 Å².